The number of ether oxygens (including phenoxy) is 2. The minimum atomic E-state index is -0.482. The first-order chi connectivity index (χ1) is 13.6. The number of carbonyl (C=O) groups excluding carboxylic acids is 1. The maximum absolute atomic E-state index is 12.5. The van der Waals surface area contributed by atoms with Gasteiger partial charge in [-0.05, 0) is 47.7 Å². The predicted octanol–water partition coefficient (Wildman–Crippen LogP) is 2.77. The number of pyridine rings is 1. The molecule has 1 aromatic carbocycles. The number of hydrogen-bond acceptors (Lipinski definition) is 7. The van der Waals surface area contributed by atoms with E-state index >= 15 is 0 Å². The maximum atomic E-state index is 12.5. The van der Waals surface area contributed by atoms with E-state index in [4.69, 9.17) is 14.9 Å². The number of nitrogens with zero attached hydrogens (tertiary/aromatic N) is 4. The quantitative estimate of drug-likeness (QED) is 0.802. The number of methoxy groups -OCH3 is 2. The van der Waals surface area contributed by atoms with Crippen molar-refractivity contribution in [3.63, 3.8) is 0 Å². The van der Waals surface area contributed by atoms with Crippen molar-refractivity contribution in [2.45, 2.75) is 0 Å². The van der Waals surface area contributed by atoms with E-state index in [0.717, 1.165) is 5.56 Å². The van der Waals surface area contributed by atoms with Crippen LogP contribution < -0.4 is 9.47 Å². The maximum Gasteiger partial charge on any atom is 0.283 e. The number of hydrazone groups is 1. The summed E-state index contributed by atoms with van der Waals surface area (Å²) in [5, 5.41) is 15.3. The molecular weight excluding hydrogens is 378 g/mol. The summed E-state index contributed by atoms with van der Waals surface area (Å²) in [6.07, 6.45) is 4.92. The van der Waals surface area contributed by atoms with Crippen LogP contribution in [0.25, 0.3) is 6.08 Å². The van der Waals surface area contributed by atoms with Gasteiger partial charge in [0, 0.05) is 18.0 Å². The Morgan fingerprint density at radius 3 is 2.57 bits per heavy atom. The molecule has 9 heteroatoms. The molecule has 0 unspecified atom stereocenters. The van der Waals surface area contributed by atoms with Gasteiger partial charge in [-0.3, -0.25) is 15.2 Å². The Morgan fingerprint density at radius 2 is 1.86 bits per heavy atom. The van der Waals surface area contributed by atoms with Crippen LogP contribution in [0, 0.1) is 5.41 Å². The minimum Gasteiger partial charge on any atom is -0.493 e. The third kappa shape index (κ3) is 3.16. The lowest BCUT2D eigenvalue weighted by Crippen LogP contribution is -2.35. The van der Waals surface area contributed by atoms with Crippen LogP contribution in [0.4, 0.5) is 0 Å². The van der Waals surface area contributed by atoms with Gasteiger partial charge in [0.25, 0.3) is 5.91 Å². The number of hydrogen-bond donors (Lipinski definition) is 1. The van der Waals surface area contributed by atoms with Crippen LogP contribution >= 0.6 is 11.8 Å². The van der Waals surface area contributed by atoms with Crippen LogP contribution in [0.1, 0.15) is 11.1 Å². The molecule has 4 rings (SSSR count). The Hall–Kier alpha value is -3.46. The number of rotatable bonds is 4. The smallest absolute Gasteiger partial charge is 0.283 e. The molecule has 2 aromatic rings. The summed E-state index contributed by atoms with van der Waals surface area (Å²) in [5.74, 6) is 0.606. The molecule has 0 bridgehead atoms. The first-order valence-corrected chi connectivity index (χ1v) is 9.05. The van der Waals surface area contributed by atoms with Crippen molar-refractivity contribution in [1.82, 2.24) is 9.99 Å². The van der Waals surface area contributed by atoms with Gasteiger partial charge < -0.3 is 9.47 Å². The van der Waals surface area contributed by atoms with Gasteiger partial charge in [0.1, 0.15) is 5.04 Å². The minimum absolute atomic E-state index is 0.0265. The molecule has 0 aliphatic carbocycles. The Kier molecular flexibility index (Phi) is 4.66. The van der Waals surface area contributed by atoms with Gasteiger partial charge in [-0.2, -0.15) is 15.1 Å². The first kappa shape index (κ1) is 17.9. The number of benzene rings is 1. The molecule has 0 saturated heterocycles. The number of aromatic nitrogens is 1. The van der Waals surface area contributed by atoms with Gasteiger partial charge in [0.15, 0.2) is 17.3 Å². The molecule has 1 aromatic heterocycles. The van der Waals surface area contributed by atoms with E-state index in [-0.39, 0.29) is 11.4 Å². The highest BCUT2D eigenvalue weighted by Gasteiger charge is 2.36. The summed E-state index contributed by atoms with van der Waals surface area (Å²) in [4.78, 5) is 20.6. The topological polar surface area (TPSA) is 100 Å². The number of aliphatic imine (C=N–C) groups is 1. The van der Waals surface area contributed by atoms with Gasteiger partial charge in [-0.1, -0.05) is 6.07 Å². The molecule has 0 radical (unpaired) electrons. The molecule has 1 amide bonds. The molecule has 2 aliphatic rings. The fourth-order valence-electron chi connectivity index (χ4n) is 2.71. The van der Waals surface area contributed by atoms with E-state index in [9.17, 15) is 4.79 Å². The molecule has 2 aliphatic heterocycles. The average Bonchev–Trinajstić information content (AvgIpc) is 3.15. The van der Waals surface area contributed by atoms with Crippen LogP contribution in [0.5, 0.6) is 11.5 Å². The molecule has 1 N–H and O–H groups in total. The summed E-state index contributed by atoms with van der Waals surface area (Å²) in [6, 6.07) is 8.88. The molecule has 28 heavy (non-hydrogen) atoms. The van der Waals surface area contributed by atoms with Crippen LogP contribution in [0.3, 0.4) is 0 Å². The fraction of sp³-hybridized carbons (Fsp3) is 0.105. The number of fused-ring (bicyclic) bond motifs is 1. The monoisotopic (exact) mass is 393 g/mol. The van der Waals surface area contributed by atoms with E-state index in [1.807, 2.05) is 12.1 Å². The zero-order valence-electron chi connectivity index (χ0n) is 15.0. The SMILES string of the molecule is COc1ccc(/C=C2/C(=N)N3N=C(c4ccncc4)SC3=NC2=O)cc1OC. The lowest BCUT2D eigenvalue weighted by molar-refractivity contribution is -0.114. The van der Waals surface area contributed by atoms with Crippen LogP contribution in [0.2, 0.25) is 0 Å². The second-order valence-electron chi connectivity index (χ2n) is 5.78. The Morgan fingerprint density at radius 1 is 1.11 bits per heavy atom. The van der Waals surface area contributed by atoms with E-state index in [1.165, 1.54) is 23.9 Å². The molecule has 0 spiro atoms. The van der Waals surface area contributed by atoms with Gasteiger partial charge in [-0.15, -0.1) is 0 Å². The molecule has 0 fully saturated rings. The summed E-state index contributed by atoms with van der Waals surface area (Å²) in [7, 11) is 3.09. The van der Waals surface area contributed by atoms with Gasteiger partial charge in [0.2, 0.25) is 5.17 Å². The molecule has 140 valence electrons. The number of amidine groups is 2. The summed E-state index contributed by atoms with van der Waals surface area (Å²) < 4.78 is 10.5. The summed E-state index contributed by atoms with van der Waals surface area (Å²) >= 11 is 1.25. The number of thioether (sulfide) groups is 1. The molecule has 3 heterocycles. The third-order valence-electron chi connectivity index (χ3n) is 4.10. The van der Waals surface area contributed by atoms with Crippen molar-refractivity contribution in [3.05, 3.63) is 59.4 Å². The lowest BCUT2D eigenvalue weighted by atomic mass is 10.1. The molecule has 0 saturated carbocycles. The van der Waals surface area contributed by atoms with Crippen molar-refractivity contribution >= 4 is 39.8 Å². The van der Waals surface area contributed by atoms with Gasteiger partial charge in [-0.25, -0.2) is 0 Å². The standard InChI is InChI=1S/C19H15N5O3S/c1-26-14-4-3-11(10-15(14)27-2)9-13-16(20)24-19(22-17(13)25)28-18(23-24)12-5-7-21-8-6-12/h3-10,20H,1-2H3/b13-9-,20-16?. The average molecular weight is 393 g/mol. The van der Waals surface area contributed by atoms with Crippen molar-refractivity contribution in [2.75, 3.05) is 14.2 Å². The molecular formula is C19H15N5O3S. The van der Waals surface area contributed by atoms with Crippen LogP contribution in [-0.2, 0) is 4.79 Å². The fourth-order valence-corrected chi connectivity index (χ4v) is 3.61. The largest absolute Gasteiger partial charge is 0.493 e. The lowest BCUT2D eigenvalue weighted by Gasteiger charge is -2.20. The second kappa shape index (κ2) is 7.28. The highest BCUT2D eigenvalue weighted by molar-refractivity contribution is 8.27. The second-order valence-corrected chi connectivity index (χ2v) is 6.73. The van der Waals surface area contributed by atoms with Gasteiger partial charge >= 0.3 is 0 Å². The Labute approximate surface area is 165 Å². The van der Waals surface area contributed by atoms with Gasteiger partial charge in [0.05, 0.1) is 19.8 Å². The van der Waals surface area contributed by atoms with Crippen molar-refractivity contribution in [3.8, 4) is 11.5 Å². The third-order valence-corrected chi connectivity index (χ3v) is 5.06. The van der Waals surface area contributed by atoms with E-state index < -0.39 is 5.91 Å². The zero-order chi connectivity index (χ0) is 19.7. The summed E-state index contributed by atoms with van der Waals surface area (Å²) in [6.45, 7) is 0. The van der Waals surface area contributed by atoms with Crippen molar-refractivity contribution < 1.29 is 14.3 Å². The van der Waals surface area contributed by atoms with Crippen LogP contribution in [0.15, 0.2) is 58.4 Å². The Balaban J connectivity index is 1.68. The molecule has 8 nitrogen and oxygen atoms in total. The first-order valence-electron chi connectivity index (χ1n) is 8.23. The van der Waals surface area contributed by atoms with E-state index in [1.54, 1.807) is 43.8 Å². The van der Waals surface area contributed by atoms with E-state index in [0.29, 0.717) is 27.3 Å². The summed E-state index contributed by atoms with van der Waals surface area (Å²) in [5.41, 5.74) is 1.69. The van der Waals surface area contributed by atoms with E-state index in [2.05, 4.69) is 15.1 Å². The Bertz CT molecular complexity index is 1060. The highest BCUT2D eigenvalue weighted by Crippen LogP contribution is 2.32. The normalized spacial score (nSPS) is 17.4. The molecule has 0 atom stereocenters. The van der Waals surface area contributed by atoms with Crippen LogP contribution in [-0.4, -0.2) is 46.2 Å². The predicted molar refractivity (Wildman–Crippen MR) is 108 cm³/mol. The highest BCUT2D eigenvalue weighted by atomic mass is 32.2. The zero-order valence-corrected chi connectivity index (χ0v) is 15.9. The number of carbonyl (C=O) groups is 1. The number of amides is 1. The number of nitrogens with one attached hydrogen (secondary N) is 1. The van der Waals surface area contributed by atoms with Crippen molar-refractivity contribution in [1.29, 1.82) is 5.41 Å². The van der Waals surface area contributed by atoms with Crippen molar-refractivity contribution in [2.24, 2.45) is 10.1 Å².